The molecule has 0 aliphatic carbocycles. The fourth-order valence-electron chi connectivity index (χ4n) is 0.707. The molecule has 0 aliphatic rings. The number of halogens is 2. The normalized spacial score (nSPS) is 10.5. The van der Waals surface area contributed by atoms with Crippen LogP contribution in [-0.4, -0.2) is 21.7 Å². The molecule has 0 amide bonds. The summed E-state index contributed by atoms with van der Waals surface area (Å²) in [4.78, 5) is 3.89. The van der Waals surface area contributed by atoms with Gasteiger partial charge in [0.2, 0.25) is 5.28 Å². The van der Waals surface area contributed by atoms with Crippen LogP contribution in [0.1, 0.15) is 13.8 Å². The van der Waals surface area contributed by atoms with Gasteiger partial charge in [0.1, 0.15) is 0 Å². The van der Waals surface area contributed by atoms with Crippen molar-refractivity contribution in [3.63, 3.8) is 0 Å². The van der Waals surface area contributed by atoms with E-state index < -0.39 is 0 Å². The molecule has 0 aliphatic heterocycles. The van der Waals surface area contributed by atoms with Crippen molar-refractivity contribution < 1.29 is 0 Å². The van der Waals surface area contributed by atoms with Gasteiger partial charge in [-0.15, -0.1) is 10.2 Å². The summed E-state index contributed by atoms with van der Waals surface area (Å²) in [6, 6.07) is 0. The molecular formula is C7H10Cl2N4. The number of nitrogens with one attached hydrogen (secondary N) is 1. The first-order chi connectivity index (χ1) is 6.09. The van der Waals surface area contributed by atoms with Crippen LogP contribution in [0.5, 0.6) is 0 Å². The molecule has 0 atom stereocenters. The molecule has 0 saturated heterocycles. The van der Waals surface area contributed by atoms with Gasteiger partial charge >= 0.3 is 0 Å². The molecule has 72 valence electrons. The topological polar surface area (TPSA) is 50.7 Å². The summed E-state index contributed by atoms with van der Waals surface area (Å²) in [5, 5.41) is 10.5. The van der Waals surface area contributed by atoms with E-state index in [9.17, 15) is 0 Å². The van der Waals surface area contributed by atoms with Crippen molar-refractivity contribution in [2.45, 2.75) is 13.8 Å². The van der Waals surface area contributed by atoms with Crippen LogP contribution < -0.4 is 5.32 Å². The molecule has 1 aromatic heterocycles. The summed E-state index contributed by atoms with van der Waals surface area (Å²) in [5.74, 6) is 0.986. The maximum absolute atomic E-state index is 5.72. The van der Waals surface area contributed by atoms with Crippen LogP contribution in [-0.2, 0) is 0 Å². The zero-order valence-corrected chi connectivity index (χ0v) is 8.89. The lowest BCUT2D eigenvalue weighted by Gasteiger charge is -2.07. The molecular weight excluding hydrogens is 211 g/mol. The van der Waals surface area contributed by atoms with Gasteiger partial charge in [-0.2, -0.15) is 4.98 Å². The van der Waals surface area contributed by atoms with Crippen molar-refractivity contribution >= 4 is 29.0 Å². The minimum atomic E-state index is 0.0932. The van der Waals surface area contributed by atoms with Crippen LogP contribution >= 0.6 is 23.2 Å². The summed E-state index contributed by atoms with van der Waals surface area (Å²) in [7, 11) is 0. The summed E-state index contributed by atoms with van der Waals surface area (Å²) in [6.07, 6.45) is 0. The third kappa shape index (κ3) is 3.32. The van der Waals surface area contributed by atoms with Crippen molar-refractivity contribution in [1.29, 1.82) is 0 Å². The molecule has 1 heterocycles. The maximum atomic E-state index is 5.72. The fourth-order valence-corrected chi connectivity index (χ4v) is 0.976. The summed E-state index contributed by atoms with van der Waals surface area (Å²) < 4.78 is 0. The highest BCUT2D eigenvalue weighted by Crippen LogP contribution is 2.16. The lowest BCUT2D eigenvalue weighted by atomic mass is 10.2. The summed E-state index contributed by atoms with van der Waals surface area (Å²) >= 11 is 11.3. The van der Waals surface area contributed by atoms with Gasteiger partial charge in [0.15, 0.2) is 11.0 Å². The summed E-state index contributed by atoms with van der Waals surface area (Å²) in [5.41, 5.74) is 0. The van der Waals surface area contributed by atoms with E-state index in [2.05, 4.69) is 34.3 Å². The van der Waals surface area contributed by atoms with E-state index in [0.29, 0.717) is 11.7 Å². The average molecular weight is 221 g/mol. The predicted molar refractivity (Wildman–Crippen MR) is 53.2 cm³/mol. The largest absolute Gasteiger partial charge is 0.367 e. The van der Waals surface area contributed by atoms with Gasteiger partial charge in [-0.1, -0.05) is 25.4 Å². The van der Waals surface area contributed by atoms with Gasteiger partial charge in [-0.3, -0.25) is 0 Å². The smallest absolute Gasteiger partial charge is 0.245 e. The number of hydrogen-bond donors (Lipinski definition) is 1. The van der Waals surface area contributed by atoms with Crippen LogP contribution in [0.4, 0.5) is 5.82 Å². The van der Waals surface area contributed by atoms with Crippen molar-refractivity contribution in [1.82, 2.24) is 15.2 Å². The molecule has 0 unspecified atom stereocenters. The van der Waals surface area contributed by atoms with Gasteiger partial charge in [-0.25, -0.2) is 0 Å². The second-order valence-corrected chi connectivity index (χ2v) is 3.69. The molecule has 1 N–H and O–H groups in total. The van der Waals surface area contributed by atoms with E-state index in [-0.39, 0.29) is 10.4 Å². The van der Waals surface area contributed by atoms with E-state index >= 15 is 0 Å². The fraction of sp³-hybridized carbons (Fsp3) is 0.571. The molecule has 0 aromatic carbocycles. The number of nitrogens with zero attached hydrogens (tertiary/aromatic N) is 3. The van der Waals surface area contributed by atoms with E-state index in [1.807, 2.05) is 0 Å². The third-order valence-electron chi connectivity index (χ3n) is 1.30. The molecule has 0 fully saturated rings. The van der Waals surface area contributed by atoms with Gasteiger partial charge in [-0.05, 0) is 17.5 Å². The van der Waals surface area contributed by atoms with Crippen molar-refractivity contribution in [3.8, 4) is 0 Å². The standard InChI is InChI=1S/C7H10Cl2N4/c1-4(2)3-10-6-5(8)12-13-7(9)11-6/h4H,3H2,1-2H3,(H,10,11,13). The zero-order chi connectivity index (χ0) is 9.84. The first-order valence-electron chi connectivity index (χ1n) is 3.89. The Labute approximate surface area is 86.7 Å². The molecule has 0 radical (unpaired) electrons. The Morgan fingerprint density at radius 3 is 2.62 bits per heavy atom. The molecule has 13 heavy (non-hydrogen) atoms. The molecule has 1 rings (SSSR count). The Balaban J connectivity index is 2.70. The van der Waals surface area contributed by atoms with E-state index in [0.717, 1.165) is 6.54 Å². The lowest BCUT2D eigenvalue weighted by molar-refractivity contribution is 0.686. The third-order valence-corrected chi connectivity index (χ3v) is 1.71. The number of hydrogen-bond acceptors (Lipinski definition) is 4. The van der Waals surface area contributed by atoms with Gasteiger partial charge in [0.25, 0.3) is 0 Å². The molecule has 4 nitrogen and oxygen atoms in total. The second kappa shape index (κ2) is 4.58. The number of anilines is 1. The quantitative estimate of drug-likeness (QED) is 0.850. The molecule has 0 saturated carbocycles. The van der Waals surface area contributed by atoms with Crippen LogP contribution in [0.2, 0.25) is 10.4 Å². The first kappa shape index (κ1) is 10.5. The van der Waals surface area contributed by atoms with Crippen molar-refractivity contribution in [2.24, 2.45) is 5.92 Å². The Hall–Kier alpha value is -0.610. The summed E-state index contributed by atoms with van der Waals surface area (Å²) in [6.45, 7) is 4.93. The monoisotopic (exact) mass is 220 g/mol. The van der Waals surface area contributed by atoms with Crippen LogP contribution in [0.25, 0.3) is 0 Å². The minimum Gasteiger partial charge on any atom is -0.367 e. The highest BCUT2D eigenvalue weighted by Gasteiger charge is 2.05. The SMILES string of the molecule is CC(C)CNc1nc(Cl)nnc1Cl. The Bertz CT molecular complexity index is 290. The second-order valence-electron chi connectivity index (χ2n) is 2.99. The number of aromatic nitrogens is 3. The maximum Gasteiger partial charge on any atom is 0.245 e. The Kier molecular flexibility index (Phi) is 3.69. The van der Waals surface area contributed by atoms with Gasteiger partial charge in [0, 0.05) is 6.54 Å². The zero-order valence-electron chi connectivity index (χ0n) is 7.38. The van der Waals surface area contributed by atoms with E-state index in [4.69, 9.17) is 23.2 Å². The van der Waals surface area contributed by atoms with Crippen LogP contribution in [0.15, 0.2) is 0 Å². The Morgan fingerprint density at radius 1 is 1.31 bits per heavy atom. The van der Waals surface area contributed by atoms with Gasteiger partial charge in [0.05, 0.1) is 0 Å². The van der Waals surface area contributed by atoms with Crippen molar-refractivity contribution in [2.75, 3.05) is 11.9 Å². The van der Waals surface area contributed by atoms with Crippen LogP contribution in [0.3, 0.4) is 0 Å². The molecule has 1 aromatic rings. The Morgan fingerprint density at radius 2 is 2.00 bits per heavy atom. The minimum absolute atomic E-state index is 0.0932. The molecule has 0 spiro atoms. The average Bonchev–Trinajstić information content (AvgIpc) is 2.06. The van der Waals surface area contributed by atoms with Gasteiger partial charge < -0.3 is 5.32 Å². The van der Waals surface area contributed by atoms with E-state index in [1.165, 1.54) is 0 Å². The highest BCUT2D eigenvalue weighted by atomic mass is 35.5. The number of rotatable bonds is 3. The lowest BCUT2D eigenvalue weighted by Crippen LogP contribution is -2.10. The predicted octanol–water partition coefficient (Wildman–Crippen LogP) is 2.25. The molecule has 6 heteroatoms. The van der Waals surface area contributed by atoms with Crippen molar-refractivity contribution in [3.05, 3.63) is 10.4 Å². The van der Waals surface area contributed by atoms with Crippen LogP contribution in [0, 0.1) is 5.92 Å². The molecule has 0 bridgehead atoms. The first-order valence-corrected chi connectivity index (χ1v) is 4.64. The van der Waals surface area contributed by atoms with E-state index in [1.54, 1.807) is 0 Å². The highest BCUT2D eigenvalue weighted by molar-refractivity contribution is 6.32.